The number of hydrogen-bond acceptors (Lipinski definition) is 5. The summed E-state index contributed by atoms with van der Waals surface area (Å²) in [5, 5.41) is 9.14. The molecule has 6 nitrogen and oxygen atoms in total. The van der Waals surface area contributed by atoms with Crippen LogP contribution >= 0.6 is 11.3 Å². The molecule has 0 fully saturated rings. The molecule has 0 saturated heterocycles. The molecule has 3 heterocycles. The van der Waals surface area contributed by atoms with Gasteiger partial charge in [-0.1, -0.05) is 47.6 Å². The van der Waals surface area contributed by atoms with Gasteiger partial charge in [0.25, 0.3) is 5.89 Å². The molecule has 136 valence electrons. The first kappa shape index (κ1) is 17.2. The average molecular weight is 378 g/mol. The predicted octanol–water partition coefficient (Wildman–Crippen LogP) is 4.48. The van der Waals surface area contributed by atoms with E-state index in [0.717, 1.165) is 21.7 Å². The Morgan fingerprint density at radius 3 is 2.81 bits per heavy atom. The van der Waals surface area contributed by atoms with Gasteiger partial charge >= 0.3 is 6.03 Å². The van der Waals surface area contributed by atoms with E-state index in [4.69, 9.17) is 4.52 Å². The molecule has 4 rings (SSSR count). The van der Waals surface area contributed by atoms with Gasteiger partial charge in [0.05, 0.1) is 16.5 Å². The standard InChI is InChI=1S/C20H18N4O2S/c1-3-11-24-13(2)16(17(21-20(24)25)14-8-5-4-6-9-14)19-22-18(23-26-19)15-10-7-12-27-15/h3-10,12,17H,1,11H2,2H3,(H,21,25). The normalized spacial score (nSPS) is 17.1. The first-order valence-corrected chi connectivity index (χ1v) is 9.39. The summed E-state index contributed by atoms with van der Waals surface area (Å²) in [4.78, 5) is 19.8. The second-order valence-electron chi connectivity index (χ2n) is 6.09. The fourth-order valence-corrected chi connectivity index (χ4v) is 3.79. The van der Waals surface area contributed by atoms with Crippen molar-refractivity contribution in [1.82, 2.24) is 20.4 Å². The third-order valence-electron chi connectivity index (χ3n) is 4.44. The number of benzene rings is 1. The SMILES string of the molecule is C=CCN1C(=O)NC(c2ccccc2)C(c2nc(-c3cccs3)no2)=C1C. The van der Waals surface area contributed by atoms with E-state index < -0.39 is 0 Å². The molecule has 1 aliphatic heterocycles. The molecule has 7 heteroatoms. The van der Waals surface area contributed by atoms with Crippen LogP contribution in [0.1, 0.15) is 24.4 Å². The third kappa shape index (κ3) is 3.17. The van der Waals surface area contributed by atoms with Gasteiger partial charge in [-0.3, -0.25) is 4.90 Å². The molecule has 0 bridgehead atoms. The molecule has 2 aromatic heterocycles. The molecule has 2 amide bonds. The van der Waals surface area contributed by atoms with Crippen LogP contribution in [-0.2, 0) is 0 Å². The molecule has 3 aromatic rings. The lowest BCUT2D eigenvalue weighted by atomic mass is 9.95. The van der Waals surface area contributed by atoms with Gasteiger partial charge in [0.1, 0.15) is 0 Å². The number of amides is 2. The van der Waals surface area contributed by atoms with Gasteiger partial charge in [-0.15, -0.1) is 17.9 Å². The van der Waals surface area contributed by atoms with Crippen LogP contribution in [0.25, 0.3) is 16.3 Å². The second kappa shape index (κ2) is 7.20. The Morgan fingerprint density at radius 1 is 1.30 bits per heavy atom. The monoisotopic (exact) mass is 378 g/mol. The number of thiophene rings is 1. The van der Waals surface area contributed by atoms with E-state index >= 15 is 0 Å². The van der Waals surface area contributed by atoms with Crippen LogP contribution in [0.4, 0.5) is 4.79 Å². The first-order valence-electron chi connectivity index (χ1n) is 8.51. The lowest BCUT2D eigenvalue weighted by molar-refractivity contribution is 0.209. The topological polar surface area (TPSA) is 71.3 Å². The number of nitrogens with zero attached hydrogens (tertiary/aromatic N) is 3. The number of urea groups is 1. The number of allylic oxidation sites excluding steroid dienone is 1. The Balaban J connectivity index is 1.83. The van der Waals surface area contributed by atoms with Gasteiger partial charge in [0, 0.05) is 12.2 Å². The minimum absolute atomic E-state index is 0.178. The smallest absolute Gasteiger partial charge is 0.322 e. The van der Waals surface area contributed by atoms with E-state index in [9.17, 15) is 4.79 Å². The Hall–Kier alpha value is -3.19. The summed E-state index contributed by atoms with van der Waals surface area (Å²) < 4.78 is 5.60. The highest BCUT2D eigenvalue weighted by atomic mass is 32.1. The number of carbonyl (C=O) groups excluding carboxylic acids is 1. The van der Waals surface area contributed by atoms with Crippen molar-refractivity contribution in [3.8, 4) is 10.7 Å². The lowest BCUT2D eigenvalue weighted by Gasteiger charge is -2.34. The maximum atomic E-state index is 12.6. The van der Waals surface area contributed by atoms with Crippen LogP contribution in [0.15, 0.2) is 70.7 Å². The fourth-order valence-electron chi connectivity index (χ4n) is 3.14. The highest BCUT2D eigenvalue weighted by molar-refractivity contribution is 7.13. The Bertz CT molecular complexity index is 992. The van der Waals surface area contributed by atoms with Gasteiger partial charge in [0.15, 0.2) is 0 Å². The number of nitrogens with one attached hydrogen (secondary N) is 1. The molecular weight excluding hydrogens is 360 g/mol. The highest BCUT2D eigenvalue weighted by Crippen LogP contribution is 2.37. The second-order valence-corrected chi connectivity index (χ2v) is 7.04. The van der Waals surface area contributed by atoms with E-state index in [0.29, 0.717) is 18.3 Å². The minimum atomic E-state index is -0.364. The van der Waals surface area contributed by atoms with Crippen LogP contribution < -0.4 is 5.32 Å². The summed E-state index contributed by atoms with van der Waals surface area (Å²) in [5.41, 5.74) is 2.51. The number of rotatable bonds is 5. The number of hydrogen-bond donors (Lipinski definition) is 1. The van der Waals surface area contributed by atoms with Gasteiger partial charge in [0.2, 0.25) is 5.82 Å². The van der Waals surface area contributed by atoms with E-state index in [2.05, 4.69) is 22.0 Å². The van der Waals surface area contributed by atoms with E-state index in [1.165, 1.54) is 0 Å². The summed E-state index contributed by atoms with van der Waals surface area (Å²) in [6.45, 7) is 6.03. The maximum Gasteiger partial charge on any atom is 0.322 e. The molecule has 0 saturated carbocycles. The molecule has 1 atom stereocenters. The van der Waals surface area contributed by atoms with Crippen molar-refractivity contribution in [2.45, 2.75) is 13.0 Å². The first-order chi connectivity index (χ1) is 13.2. The summed E-state index contributed by atoms with van der Waals surface area (Å²) in [5.74, 6) is 0.943. The Morgan fingerprint density at radius 2 is 2.11 bits per heavy atom. The van der Waals surface area contributed by atoms with E-state index in [-0.39, 0.29) is 12.1 Å². The molecule has 1 aliphatic rings. The van der Waals surface area contributed by atoms with E-state index in [1.54, 1.807) is 22.3 Å². The summed E-state index contributed by atoms with van der Waals surface area (Å²) in [7, 11) is 0. The van der Waals surface area contributed by atoms with Crippen LogP contribution in [0, 0.1) is 0 Å². The van der Waals surface area contributed by atoms with Crippen LogP contribution in [0.5, 0.6) is 0 Å². The molecule has 1 aromatic carbocycles. The van der Waals surface area contributed by atoms with Crippen LogP contribution in [0.2, 0.25) is 0 Å². The number of carbonyl (C=O) groups is 1. The molecule has 1 unspecified atom stereocenters. The lowest BCUT2D eigenvalue weighted by Crippen LogP contribution is -2.46. The van der Waals surface area contributed by atoms with Crippen molar-refractivity contribution in [1.29, 1.82) is 0 Å². The summed E-state index contributed by atoms with van der Waals surface area (Å²) in [6, 6.07) is 13.1. The summed E-state index contributed by atoms with van der Waals surface area (Å²) in [6.07, 6.45) is 1.69. The zero-order valence-corrected chi connectivity index (χ0v) is 15.6. The number of aromatic nitrogens is 2. The Labute approximate surface area is 160 Å². The van der Waals surface area contributed by atoms with Crippen molar-refractivity contribution in [2.24, 2.45) is 0 Å². The van der Waals surface area contributed by atoms with Crippen molar-refractivity contribution >= 4 is 22.9 Å². The van der Waals surface area contributed by atoms with Crippen LogP contribution in [-0.4, -0.2) is 27.6 Å². The van der Waals surface area contributed by atoms with Crippen LogP contribution in [0.3, 0.4) is 0 Å². The molecule has 0 radical (unpaired) electrons. The highest BCUT2D eigenvalue weighted by Gasteiger charge is 2.35. The van der Waals surface area contributed by atoms with Gasteiger partial charge in [-0.2, -0.15) is 4.98 Å². The molecule has 27 heavy (non-hydrogen) atoms. The van der Waals surface area contributed by atoms with Gasteiger partial charge in [-0.25, -0.2) is 4.79 Å². The molecule has 0 spiro atoms. The quantitative estimate of drug-likeness (QED) is 0.665. The van der Waals surface area contributed by atoms with Crippen molar-refractivity contribution in [2.75, 3.05) is 6.54 Å². The van der Waals surface area contributed by atoms with Crippen molar-refractivity contribution < 1.29 is 9.32 Å². The summed E-state index contributed by atoms with van der Waals surface area (Å²) >= 11 is 1.55. The minimum Gasteiger partial charge on any atom is -0.334 e. The zero-order valence-electron chi connectivity index (χ0n) is 14.8. The average Bonchev–Trinajstić information content (AvgIpc) is 3.37. The zero-order chi connectivity index (χ0) is 18.8. The largest absolute Gasteiger partial charge is 0.334 e. The molecule has 0 aliphatic carbocycles. The molecular formula is C20H18N4O2S. The van der Waals surface area contributed by atoms with E-state index in [1.807, 2.05) is 54.8 Å². The third-order valence-corrected chi connectivity index (χ3v) is 5.30. The maximum absolute atomic E-state index is 12.6. The van der Waals surface area contributed by atoms with Crippen molar-refractivity contribution in [3.05, 3.63) is 77.7 Å². The van der Waals surface area contributed by atoms with Gasteiger partial charge in [-0.05, 0) is 23.9 Å². The molecule has 1 N–H and O–H groups in total. The fraction of sp³-hybridized carbons (Fsp3) is 0.150. The predicted molar refractivity (Wildman–Crippen MR) is 105 cm³/mol. The van der Waals surface area contributed by atoms with Gasteiger partial charge < -0.3 is 9.84 Å². The Kier molecular flexibility index (Phi) is 4.60. The van der Waals surface area contributed by atoms with Crippen molar-refractivity contribution in [3.63, 3.8) is 0 Å².